The number of carbonyl (C=O) groups is 1. The number of rotatable bonds is 4. The molecular weight excluding hydrogens is 271 g/mol. The summed E-state index contributed by atoms with van der Waals surface area (Å²) in [5.41, 5.74) is -1.87. The van der Waals surface area contributed by atoms with Crippen molar-refractivity contribution in [3.05, 3.63) is 35.9 Å². The number of carbonyl (C=O) groups excluding carboxylic acids is 1. The van der Waals surface area contributed by atoms with E-state index in [1.165, 1.54) is 0 Å². The number of aliphatic hydroxyl groups is 1. The second-order valence-electron chi connectivity index (χ2n) is 5.01. The molecule has 1 atom stereocenters. The molecule has 110 valence electrons. The zero-order valence-corrected chi connectivity index (χ0v) is 10.9. The molecule has 1 aromatic rings. The van der Waals surface area contributed by atoms with Crippen LogP contribution in [-0.4, -0.2) is 41.8 Å². The molecule has 1 aliphatic heterocycles. The Hall–Kier alpha value is -1.56. The Morgan fingerprint density at radius 1 is 1.25 bits per heavy atom. The van der Waals surface area contributed by atoms with E-state index in [-0.39, 0.29) is 32.5 Å². The third-order valence-electron chi connectivity index (χ3n) is 3.77. The van der Waals surface area contributed by atoms with Crippen LogP contribution < -0.4 is 0 Å². The molecule has 1 unspecified atom stereocenters. The molecule has 2 rings (SSSR count). The molecule has 20 heavy (non-hydrogen) atoms. The van der Waals surface area contributed by atoms with Gasteiger partial charge in [-0.1, -0.05) is 30.3 Å². The van der Waals surface area contributed by atoms with Crippen LogP contribution in [-0.2, 0) is 11.2 Å². The second-order valence-corrected chi connectivity index (χ2v) is 5.01. The van der Waals surface area contributed by atoms with E-state index in [1.807, 2.05) is 0 Å². The number of nitrogens with zero attached hydrogens (tertiary/aromatic N) is 1. The molecule has 0 aromatic heterocycles. The predicted molar refractivity (Wildman–Crippen MR) is 66.9 cm³/mol. The molecule has 1 amide bonds. The Morgan fingerprint density at radius 3 is 2.45 bits per heavy atom. The number of aliphatic hydroxyl groups excluding tert-OH is 1. The van der Waals surface area contributed by atoms with E-state index in [0.717, 1.165) is 4.90 Å². The maximum absolute atomic E-state index is 13.5. The lowest BCUT2D eigenvalue weighted by molar-refractivity contribution is -0.219. The fraction of sp³-hybridized carbons (Fsp3) is 0.500. The minimum Gasteiger partial charge on any atom is -0.395 e. The number of hydrogen-bond donors (Lipinski definition) is 1. The summed E-state index contributed by atoms with van der Waals surface area (Å²) in [6.45, 7) is -0.345. The summed E-state index contributed by atoms with van der Waals surface area (Å²) in [4.78, 5) is 13.3. The summed E-state index contributed by atoms with van der Waals surface area (Å²) in [6.07, 6.45) is -5.20. The first kappa shape index (κ1) is 14.8. The minimum absolute atomic E-state index is 0.0335. The number of hydrogen-bond acceptors (Lipinski definition) is 2. The van der Waals surface area contributed by atoms with E-state index in [4.69, 9.17) is 5.11 Å². The van der Waals surface area contributed by atoms with E-state index in [2.05, 4.69) is 0 Å². The molecule has 0 bridgehead atoms. The first-order valence-electron chi connectivity index (χ1n) is 6.41. The summed E-state index contributed by atoms with van der Waals surface area (Å²) >= 11 is 0. The van der Waals surface area contributed by atoms with Crippen molar-refractivity contribution >= 4 is 5.91 Å². The number of likely N-dealkylation sites (tertiary alicyclic amines) is 1. The van der Waals surface area contributed by atoms with Crippen LogP contribution in [0.3, 0.4) is 0 Å². The maximum atomic E-state index is 13.5. The highest BCUT2D eigenvalue weighted by Crippen LogP contribution is 2.48. The Morgan fingerprint density at radius 2 is 1.90 bits per heavy atom. The van der Waals surface area contributed by atoms with Crippen LogP contribution in [0.5, 0.6) is 0 Å². The van der Waals surface area contributed by atoms with Crippen LogP contribution in [0, 0.1) is 5.41 Å². The van der Waals surface area contributed by atoms with Gasteiger partial charge in [-0.3, -0.25) is 4.79 Å². The minimum atomic E-state index is -4.59. The Labute approximate surface area is 115 Å². The zero-order chi connectivity index (χ0) is 14.8. The third kappa shape index (κ3) is 2.52. The van der Waals surface area contributed by atoms with Crippen molar-refractivity contribution in [2.24, 2.45) is 5.41 Å². The molecule has 6 heteroatoms. The average molecular weight is 287 g/mol. The standard InChI is InChI=1S/C14H16F3NO2/c15-14(16,17)13(10-11-4-2-1-3-5-11)6-7-18(8-9-19)12(13)20/h1-5,19H,6-10H2. The highest BCUT2D eigenvalue weighted by Gasteiger charge is 2.63. The summed E-state index contributed by atoms with van der Waals surface area (Å²) < 4.78 is 40.4. The van der Waals surface area contributed by atoms with Crippen LogP contribution >= 0.6 is 0 Å². The van der Waals surface area contributed by atoms with Crippen molar-refractivity contribution in [3.63, 3.8) is 0 Å². The van der Waals surface area contributed by atoms with Gasteiger partial charge in [-0.2, -0.15) is 13.2 Å². The van der Waals surface area contributed by atoms with Crippen molar-refractivity contribution in [2.45, 2.75) is 19.0 Å². The van der Waals surface area contributed by atoms with Crippen molar-refractivity contribution < 1.29 is 23.1 Å². The molecule has 1 fully saturated rings. The Balaban J connectivity index is 2.31. The number of amides is 1. The zero-order valence-electron chi connectivity index (χ0n) is 10.9. The lowest BCUT2D eigenvalue weighted by Crippen LogP contribution is -2.47. The quantitative estimate of drug-likeness (QED) is 0.920. The summed E-state index contributed by atoms with van der Waals surface area (Å²) in [6, 6.07) is 8.22. The highest BCUT2D eigenvalue weighted by molar-refractivity contribution is 5.86. The van der Waals surface area contributed by atoms with Gasteiger partial charge in [-0.25, -0.2) is 0 Å². The molecular formula is C14H16F3NO2. The monoisotopic (exact) mass is 287 g/mol. The van der Waals surface area contributed by atoms with Gasteiger partial charge in [0.05, 0.1) is 6.61 Å². The van der Waals surface area contributed by atoms with E-state index in [1.54, 1.807) is 30.3 Å². The van der Waals surface area contributed by atoms with Gasteiger partial charge in [0.1, 0.15) is 0 Å². The third-order valence-corrected chi connectivity index (χ3v) is 3.77. The molecule has 1 N–H and O–H groups in total. The van der Waals surface area contributed by atoms with Gasteiger partial charge in [0.25, 0.3) is 0 Å². The van der Waals surface area contributed by atoms with Crippen LogP contribution in [0.15, 0.2) is 30.3 Å². The van der Waals surface area contributed by atoms with Crippen molar-refractivity contribution in [1.82, 2.24) is 4.90 Å². The number of benzene rings is 1. The lowest BCUT2D eigenvalue weighted by atomic mass is 9.79. The van der Waals surface area contributed by atoms with Gasteiger partial charge in [0.2, 0.25) is 5.91 Å². The fourth-order valence-corrected chi connectivity index (χ4v) is 2.64. The van der Waals surface area contributed by atoms with E-state index in [9.17, 15) is 18.0 Å². The Bertz CT molecular complexity index is 475. The predicted octanol–water partition coefficient (Wildman–Crippen LogP) is 2.00. The molecule has 1 saturated heterocycles. The molecule has 0 aliphatic carbocycles. The van der Waals surface area contributed by atoms with E-state index in [0.29, 0.717) is 5.56 Å². The normalized spacial score (nSPS) is 23.4. The molecule has 0 spiro atoms. The van der Waals surface area contributed by atoms with Gasteiger partial charge in [0.15, 0.2) is 5.41 Å². The van der Waals surface area contributed by atoms with Gasteiger partial charge < -0.3 is 10.0 Å². The van der Waals surface area contributed by atoms with Gasteiger partial charge in [-0.05, 0) is 18.4 Å². The number of halogens is 3. The maximum Gasteiger partial charge on any atom is 0.403 e. The first-order valence-corrected chi connectivity index (χ1v) is 6.41. The van der Waals surface area contributed by atoms with Crippen molar-refractivity contribution in [1.29, 1.82) is 0 Å². The van der Waals surface area contributed by atoms with Crippen LogP contribution in [0.2, 0.25) is 0 Å². The van der Waals surface area contributed by atoms with Crippen LogP contribution in [0.1, 0.15) is 12.0 Å². The Kier molecular flexibility index (Phi) is 4.04. The summed E-state index contributed by atoms with van der Waals surface area (Å²) in [7, 11) is 0. The first-order chi connectivity index (χ1) is 9.40. The van der Waals surface area contributed by atoms with Crippen LogP contribution in [0.4, 0.5) is 13.2 Å². The molecule has 0 saturated carbocycles. The SMILES string of the molecule is O=C1N(CCO)CCC1(Cc1ccccc1)C(F)(F)F. The average Bonchev–Trinajstić information content (AvgIpc) is 2.70. The topological polar surface area (TPSA) is 40.5 Å². The molecule has 0 radical (unpaired) electrons. The summed E-state index contributed by atoms with van der Waals surface area (Å²) in [5, 5.41) is 8.83. The number of β-amino-alcohol motifs (C(OH)–C–C–N with tert-alkyl or cyclic N) is 1. The van der Waals surface area contributed by atoms with E-state index < -0.39 is 17.5 Å². The van der Waals surface area contributed by atoms with Gasteiger partial charge >= 0.3 is 6.18 Å². The van der Waals surface area contributed by atoms with E-state index >= 15 is 0 Å². The second kappa shape index (κ2) is 5.44. The smallest absolute Gasteiger partial charge is 0.395 e. The largest absolute Gasteiger partial charge is 0.403 e. The molecule has 1 aromatic carbocycles. The van der Waals surface area contributed by atoms with Crippen molar-refractivity contribution in [2.75, 3.05) is 19.7 Å². The molecule has 1 aliphatic rings. The number of alkyl halides is 3. The molecule has 1 heterocycles. The lowest BCUT2D eigenvalue weighted by Gasteiger charge is -2.30. The highest BCUT2D eigenvalue weighted by atomic mass is 19.4. The van der Waals surface area contributed by atoms with Crippen LogP contribution in [0.25, 0.3) is 0 Å². The summed E-state index contributed by atoms with van der Waals surface area (Å²) in [5.74, 6) is -0.928. The fourth-order valence-electron chi connectivity index (χ4n) is 2.64. The molecule has 3 nitrogen and oxygen atoms in total. The van der Waals surface area contributed by atoms with Crippen molar-refractivity contribution in [3.8, 4) is 0 Å². The van der Waals surface area contributed by atoms with Gasteiger partial charge in [-0.15, -0.1) is 0 Å². The van der Waals surface area contributed by atoms with Gasteiger partial charge in [0, 0.05) is 13.1 Å².